The van der Waals surface area contributed by atoms with E-state index < -0.39 is 5.97 Å². The minimum atomic E-state index is -0.778. The van der Waals surface area contributed by atoms with E-state index >= 15 is 0 Å². The zero-order chi connectivity index (χ0) is 15.4. The molecule has 6 heteroatoms. The summed E-state index contributed by atoms with van der Waals surface area (Å²) in [5, 5.41) is 14.7. The third-order valence-electron chi connectivity index (χ3n) is 4.49. The predicted molar refractivity (Wildman–Crippen MR) is 76.4 cm³/mol. The van der Waals surface area contributed by atoms with Gasteiger partial charge in [-0.05, 0) is 31.6 Å². The highest BCUT2D eigenvalue weighted by molar-refractivity contribution is 5.82. The van der Waals surface area contributed by atoms with Crippen LogP contribution < -0.4 is 10.6 Å². The van der Waals surface area contributed by atoms with Gasteiger partial charge >= 0.3 is 5.97 Å². The summed E-state index contributed by atoms with van der Waals surface area (Å²) in [7, 11) is 0. The molecule has 2 rings (SSSR count). The molecule has 0 aromatic carbocycles. The maximum atomic E-state index is 11.8. The summed E-state index contributed by atoms with van der Waals surface area (Å²) in [6, 6.07) is -0.0495. The van der Waals surface area contributed by atoms with Crippen molar-refractivity contribution in [3.8, 4) is 0 Å². The summed E-state index contributed by atoms with van der Waals surface area (Å²) in [6.45, 7) is 2.39. The van der Waals surface area contributed by atoms with Crippen LogP contribution in [0.5, 0.6) is 0 Å². The lowest BCUT2D eigenvalue weighted by atomic mass is 9.86. The lowest BCUT2D eigenvalue weighted by molar-refractivity contribution is -0.143. The Balaban J connectivity index is 1.62. The Bertz CT molecular complexity index is 424. The van der Waals surface area contributed by atoms with Gasteiger partial charge in [0, 0.05) is 24.9 Å². The minimum Gasteiger partial charge on any atom is -0.481 e. The van der Waals surface area contributed by atoms with Gasteiger partial charge in [-0.1, -0.05) is 13.3 Å². The van der Waals surface area contributed by atoms with Crippen molar-refractivity contribution < 1.29 is 19.5 Å². The molecule has 4 atom stereocenters. The maximum absolute atomic E-state index is 11.8. The number of carboxylic acids is 1. The van der Waals surface area contributed by atoms with Crippen LogP contribution in [0.1, 0.15) is 45.4 Å². The van der Waals surface area contributed by atoms with Gasteiger partial charge in [-0.15, -0.1) is 0 Å². The highest BCUT2D eigenvalue weighted by Crippen LogP contribution is 2.37. The van der Waals surface area contributed by atoms with Gasteiger partial charge in [0.05, 0.1) is 5.92 Å². The van der Waals surface area contributed by atoms with E-state index in [1.54, 1.807) is 0 Å². The Morgan fingerprint density at radius 3 is 2.52 bits per heavy atom. The van der Waals surface area contributed by atoms with Crippen LogP contribution in [-0.4, -0.2) is 35.5 Å². The molecule has 4 unspecified atom stereocenters. The molecule has 0 spiro atoms. The standard InChI is InChI=1S/C15H24N2O4/c1-9-7-12(9)14(19)16-6-5-13(18)17-11-4-2-3-10(8-11)15(20)21/h9-12H,2-8H2,1H3,(H,16,19)(H,17,18)(H,20,21). The summed E-state index contributed by atoms with van der Waals surface area (Å²) < 4.78 is 0. The largest absolute Gasteiger partial charge is 0.481 e. The molecule has 3 N–H and O–H groups in total. The number of carbonyl (C=O) groups excluding carboxylic acids is 2. The Morgan fingerprint density at radius 1 is 1.19 bits per heavy atom. The molecule has 2 fully saturated rings. The second-order valence-electron chi connectivity index (χ2n) is 6.33. The smallest absolute Gasteiger partial charge is 0.306 e. The fourth-order valence-electron chi connectivity index (χ4n) is 2.96. The van der Waals surface area contributed by atoms with Crippen molar-refractivity contribution in [3.63, 3.8) is 0 Å². The number of rotatable bonds is 6. The molecule has 21 heavy (non-hydrogen) atoms. The molecule has 2 aliphatic carbocycles. The van der Waals surface area contributed by atoms with Crippen molar-refractivity contribution in [1.29, 1.82) is 0 Å². The SMILES string of the molecule is CC1CC1C(=O)NCCC(=O)NC1CCCC(C(=O)O)C1. The molecule has 0 aromatic rings. The number of hydrogen-bond acceptors (Lipinski definition) is 3. The Hall–Kier alpha value is -1.59. The highest BCUT2D eigenvalue weighted by atomic mass is 16.4. The molecular formula is C15H24N2O4. The van der Waals surface area contributed by atoms with Gasteiger partial charge < -0.3 is 15.7 Å². The van der Waals surface area contributed by atoms with Crippen molar-refractivity contribution in [1.82, 2.24) is 10.6 Å². The van der Waals surface area contributed by atoms with Gasteiger partial charge in [0.15, 0.2) is 0 Å². The van der Waals surface area contributed by atoms with E-state index in [1.165, 1.54) is 0 Å². The maximum Gasteiger partial charge on any atom is 0.306 e. The molecule has 0 heterocycles. The quantitative estimate of drug-likeness (QED) is 0.679. The topological polar surface area (TPSA) is 95.5 Å². The van der Waals surface area contributed by atoms with E-state index in [2.05, 4.69) is 10.6 Å². The third kappa shape index (κ3) is 4.72. The van der Waals surface area contributed by atoms with Crippen LogP contribution in [0.15, 0.2) is 0 Å². The average molecular weight is 296 g/mol. The summed E-state index contributed by atoms with van der Waals surface area (Å²) in [4.78, 5) is 34.4. The van der Waals surface area contributed by atoms with Crippen LogP contribution in [0.2, 0.25) is 0 Å². The molecule has 118 valence electrons. The third-order valence-corrected chi connectivity index (χ3v) is 4.49. The Kier molecular flexibility index (Phi) is 5.20. The molecule has 0 radical (unpaired) electrons. The van der Waals surface area contributed by atoms with Crippen molar-refractivity contribution in [2.45, 2.75) is 51.5 Å². The number of hydrogen-bond donors (Lipinski definition) is 3. The van der Waals surface area contributed by atoms with Crippen LogP contribution in [0.4, 0.5) is 0 Å². The number of aliphatic carboxylic acids is 1. The molecule has 0 bridgehead atoms. The van der Waals surface area contributed by atoms with Gasteiger partial charge in [0.2, 0.25) is 11.8 Å². The molecule has 2 aliphatic rings. The van der Waals surface area contributed by atoms with E-state index in [0.717, 1.165) is 19.3 Å². The van der Waals surface area contributed by atoms with Crippen molar-refractivity contribution in [2.24, 2.45) is 17.8 Å². The first-order chi connectivity index (χ1) is 9.97. The lowest BCUT2D eigenvalue weighted by Crippen LogP contribution is -2.41. The summed E-state index contributed by atoms with van der Waals surface area (Å²) in [5.41, 5.74) is 0. The van der Waals surface area contributed by atoms with Crippen molar-refractivity contribution in [3.05, 3.63) is 0 Å². The summed E-state index contributed by atoms with van der Waals surface area (Å²) >= 11 is 0. The van der Waals surface area contributed by atoms with Gasteiger partial charge in [-0.3, -0.25) is 14.4 Å². The van der Waals surface area contributed by atoms with Crippen molar-refractivity contribution >= 4 is 17.8 Å². The van der Waals surface area contributed by atoms with E-state index in [0.29, 0.717) is 25.3 Å². The van der Waals surface area contributed by atoms with Gasteiger partial charge in [-0.25, -0.2) is 0 Å². The first-order valence-corrected chi connectivity index (χ1v) is 7.77. The fourth-order valence-corrected chi connectivity index (χ4v) is 2.96. The first-order valence-electron chi connectivity index (χ1n) is 7.77. The molecule has 0 aliphatic heterocycles. The van der Waals surface area contributed by atoms with Crippen molar-refractivity contribution in [2.75, 3.05) is 6.54 Å². The monoisotopic (exact) mass is 296 g/mol. The fraction of sp³-hybridized carbons (Fsp3) is 0.800. The number of nitrogens with one attached hydrogen (secondary N) is 2. The van der Waals surface area contributed by atoms with Crippen LogP contribution in [-0.2, 0) is 14.4 Å². The Morgan fingerprint density at radius 2 is 1.90 bits per heavy atom. The zero-order valence-corrected chi connectivity index (χ0v) is 12.4. The second kappa shape index (κ2) is 6.91. The van der Waals surface area contributed by atoms with Crippen LogP contribution in [0, 0.1) is 17.8 Å². The van der Waals surface area contributed by atoms with Gasteiger partial charge in [0.25, 0.3) is 0 Å². The Labute approximate surface area is 124 Å². The molecular weight excluding hydrogens is 272 g/mol. The molecule has 0 aromatic heterocycles. The molecule has 6 nitrogen and oxygen atoms in total. The summed E-state index contributed by atoms with van der Waals surface area (Å²) in [5.74, 6) is -0.606. The van der Waals surface area contributed by atoms with Gasteiger partial charge in [0.1, 0.15) is 0 Å². The predicted octanol–water partition coefficient (Wildman–Crippen LogP) is 0.908. The second-order valence-corrected chi connectivity index (χ2v) is 6.33. The highest BCUT2D eigenvalue weighted by Gasteiger charge is 2.38. The minimum absolute atomic E-state index is 0.0407. The van der Waals surface area contributed by atoms with Crippen LogP contribution in [0.25, 0.3) is 0 Å². The molecule has 0 saturated heterocycles. The lowest BCUT2D eigenvalue weighted by Gasteiger charge is -2.27. The van der Waals surface area contributed by atoms with E-state index in [1.807, 2.05) is 6.92 Å². The number of amides is 2. The molecule has 2 saturated carbocycles. The number of carbonyl (C=O) groups is 3. The normalized spacial score (nSPS) is 31.3. The average Bonchev–Trinajstić information content (AvgIpc) is 3.16. The summed E-state index contributed by atoms with van der Waals surface area (Å²) in [6.07, 6.45) is 4.06. The first kappa shape index (κ1) is 15.8. The number of carboxylic acid groups (broad SMARTS) is 1. The zero-order valence-electron chi connectivity index (χ0n) is 12.4. The van der Waals surface area contributed by atoms with Crippen LogP contribution in [0.3, 0.4) is 0 Å². The van der Waals surface area contributed by atoms with E-state index in [9.17, 15) is 14.4 Å². The van der Waals surface area contributed by atoms with Crippen LogP contribution >= 0.6 is 0 Å². The van der Waals surface area contributed by atoms with E-state index in [-0.39, 0.29) is 36.1 Å². The van der Waals surface area contributed by atoms with E-state index in [4.69, 9.17) is 5.11 Å². The molecule has 2 amide bonds. The van der Waals surface area contributed by atoms with Gasteiger partial charge in [-0.2, -0.15) is 0 Å².